The lowest BCUT2D eigenvalue weighted by Crippen LogP contribution is -2.42. The fraction of sp³-hybridized carbons (Fsp3) is 0.333. The first-order valence-electron chi connectivity index (χ1n) is 14.5. The van der Waals surface area contributed by atoms with E-state index in [0.717, 1.165) is 54.3 Å². The second-order valence-corrected chi connectivity index (χ2v) is 11.8. The Hall–Kier alpha value is -4.77. The second-order valence-electron chi connectivity index (χ2n) is 11.8. The summed E-state index contributed by atoms with van der Waals surface area (Å²) in [6.45, 7) is 14.7. The number of rotatable bonds is 8. The van der Waals surface area contributed by atoms with Gasteiger partial charge >= 0.3 is 5.97 Å². The van der Waals surface area contributed by atoms with Gasteiger partial charge < -0.3 is 24.8 Å². The number of nitrogens with zero attached hydrogens (tertiary/aromatic N) is 5. The molecule has 1 fully saturated rings. The molecule has 2 N–H and O–H groups in total. The Morgan fingerprint density at radius 3 is 2.43 bits per heavy atom. The maximum atomic E-state index is 15.0. The lowest BCUT2D eigenvalue weighted by atomic mass is 10.0. The van der Waals surface area contributed by atoms with Gasteiger partial charge in [-0.1, -0.05) is 30.8 Å². The molecule has 44 heavy (non-hydrogen) atoms. The Labute approximate surface area is 256 Å². The number of benzene rings is 2. The number of carbonyl (C=O) groups excluding carboxylic acids is 2. The van der Waals surface area contributed by atoms with Gasteiger partial charge in [-0.25, -0.2) is 9.37 Å². The van der Waals surface area contributed by atoms with E-state index in [9.17, 15) is 9.59 Å². The molecule has 0 atom stereocenters. The number of esters is 1. The molecule has 2 aromatic heterocycles. The fourth-order valence-corrected chi connectivity index (χ4v) is 5.22. The summed E-state index contributed by atoms with van der Waals surface area (Å²) in [6, 6.07) is 12.4. The van der Waals surface area contributed by atoms with Crippen molar-refractivity contribution in [3.63, 3.8) is 0 Å². The van der Waals surface area contributed by atoms with Gasteiger partial charge in [0, 0.05) is 61.9 Å². The van der Waals surface area contributed by atoms with Gasteiger partial charge in [0.15, 0.2) is 5.82 Å². The van der Waals surface area contributed by atoms with Crippen LogP contribution >= 0.6 is 0 Å². The molecule has 0 aliphatic carbocycles. The molecule has 1 amide bonds. The Kier molecular flexibility index (Phi) is 8.68. The summed E-state index contributed by atoms with van der Waals surface area (Å²) in [4.78, 5) is 31.7. The number of aromatic nitrogens is 4. The first-order chi connectivity index (χ1) is 20.9. The van der Waals surface area contributed by atoms with Gasteiger partial charge in [-0.3, -0.25) is 14.3 Å². The van der Waals surface area contributed by atoms with E-state index < -0.39 is 17.3 Å². The van der Waals surface area contributed by atoms with Crippen LogP contribution in [0.4, 0.5) is 10.1 Å². The van der Waals surface area contributed by atoms with Gasteiger partial charge in [0.05, 0.1) is 17.6 Å². The van der Waals surface area contributed by atoms with E-state index in [1.165, 1.54) is 6.07 Å². The van der Waals surface area contributed by atoms with Crippen molar-refractivity contribution in [2.24, 2.45) is 7.05 Å². The highest BCUT2D eigenvalue weighted by Gasteiger charge is 2.20. The van der Waals surface area contributed by atoms with Crippen LogP contribution < -0.4 is 10.6 Å². The molecule has 1 aliphatic rings. The van der Waals surface area contributed by atoms with Crippen molar-refractivity contribution in [3.05, 3.63) is 84.3 Å². The van der Waals surface area contributed by atoms with Crippen molar-refractivity contribution in [1.29, 1.82) is 0 Å². The van der Waals surface area contributed by atoms with E-state index in [-0.39, 0.29) is 18.3 Å². The minimum atomic E-state index is -0.561. The van der Waals surface area contributed by atoms with Crippen LogP contribution in [0.1, 0.15) is 42.6 Å². The number of imidazole rings is 1. The molecular formula is C33H38FN7O3. The summed E-state index contributed by atoms with van der Waals surface area (Å²) < 4.78 is 23.7. The summed E-state index contributed by atoms with van der Waals surface area (Å²) in [7, 11) is 1.76. The van der Waals surface area contributed by atoms with E-state index in [0.29, 0.717) is 16.9 Å². The zero-order chi connectivity index (χ0) is 31.6. The number of amides is 1. The molecule has 5 rings (SSSR count). The van der Waals surface area contributed by atoms with Crippen molar-refractivity contribution < 1.29 is 18.7 Å². The minimum absolute atomic E-state index is 0.0264. The molecule has 11 heteroatoms. The quantitative estimate of drug-likeness (QED) is 0.279. The van der Waals surface area contributed by atoms with E-state index >= 15 is 4.39 Å². The number of aryl methyl sites for hydroxylation is 1. The topological polar surface area (TPSA) is 106 Å². The number of carbonyl (C=O) groups is 2. The third-order valence-electron chi connectivity index (χ3n) is 7.38. The normalized spacial score (nSPS) is 13.5. The third-order valence-corrected chi connectivity index (χ3v) is 7.38. The summed E-state index contributed by atoms with van der Waals surface area (Å²) in [5, 5.41) is 10.5. The monoisotopic (exact) mass is 599 g/mol. The highest BCUT2D eigenvalue weighted by molar-refractivity contribution is 6.02. The predicted molar refractivity (Wildman–Crippen MR) is 168 cm³/mol. The summed E-state index contributed by atoms with van der Waals surface area (Å²) in [5.41, 5.74) is 5.06. The van der Waals surface area contributed by atoms with Gasteiger partial charge in [-0.05, 0) is 57.0 Å². The van der Waals surface area contributed by atoms with E-state index in [1.807, 2.05) is 58.2 Å². The van der Waals surface area contributed by atoms with Gasteiger partial charge in [0.2, 0.25) is 0 Å². The lowest BCUT2D eigenvalue weighted by Gasteiger charge is -2.31. The van der Waals surface area contributed by atoms with Crippen molar-refractivity contribution >= 4 is 23.3 Å². The van der Waals surface area contributed by atoms with Crippen molar-refractivity contribution in [3.8, 4) is 22.4 Å². The van der Waals surface area contributed by atoms with Crippen molar-refractivity contribution in [2.45, 2.75) is 39.8 Å². The number of ether oxygens (including phenoxy) is 1. The van der Waals surface area contributed by atoms with Crippen LogP contribution in [-0.4, -0.2) is 67.9 Å². The lowest BCUT2D eigenvalue weighted by molar-refractivity contribution is -0.155. The number of hydrogen-bond acceptors (Lipinski definition) is 7. The number of halogens is 1. The first-order valence-corrected chi connectivity index (χ1v) is 14.5. The molecular weight excluding hydrogens is 561 g/mol. The molecule has 1 aliphatic heterocycles. The first kappa shape index (κ1) is 30.7. The average molecular weight is 600 g/mol. The molecule has 2 aromatic carbocycles. The third kappa shape index (κ3) is 6.89. The number of piperazine rings is 1. The van der Waals surface area contributed by atoms with Crippen LogP contribution in [0.5, 0.6) is 0 Å². The Morgan fingerprint density at radius 1 is 1.09 bits per heavy atom. The van der Waals surface area contributed by atoms with Gasteiger partial charge in [-0.15, -0.1) is 0 Å². The number of nitrogens with one attached hydrogen (secondary N) is 2. The molecule has 0 spiro atoms. The maximum absolute atomic E-state index is 15.0. The van der Waals surface area contributed by atoms with Gasteiger partial charge in [0.25, 0.3) is 5.91 Å². The zero-order valence-corrected chi connectivity index (χ0v) is 25.8. The minimum Gasteiger partial charge on any atom is -0.459 e. The number of hydrogen-bond donors (Lipinski definition) is 2. The Morgan fingerprint density at radius 2 is 1.77 bits per heavy atom. The molecule has 0 bridgehead atoms. The van der Waals surface area contributed by atoms with Gasteiger partial charge in [0.1, 0.15) is 18.0 Å². The second kappa shape index (κ2) is 12.5. The molecule has 10 nitrogen and oxygen atoms in total. The SMILES string of the molecule is C=C(c1ccc(NC(=O)c2ncc(-c3ccc(-c4cn(CC(=O)OC(C)(C)C)nc4C)cc3)n2C)cc1F)N1CCNCC1. The van der Waals surface area contributed by atoms with E-state index in [2.05, 4.69) is 32.2 Å². The molecule has 0 radical (unpaired) electrons. The van der Waals surface area contributed by atoms with E-state index in [4.69, 9.17) is 4.74 Å². The largest absolute Gasteiger partial charge is 0.459 e. The van der Waals surface area contributed by atoms with Crippen LogP contribution in [0, 0.1) is 12.7 Å². The van der Waals surface area contributed by atoms with Crippen LogP contribution in [0.3, 0.4) is 0 Å². The van der Waals surface area contributed by atoms with Crippen LogP contribution in [0.15, 0.2) is 61.4 Å². The fourth-order valence-electron chi connectivity index (χ4n) is 5.22. The average Bonchev–Trinajstić information content (AvgIpc) is 3.53. The Balaban J connectivity index is 1.26. The van der Waals surface area contributed by atoms with Crippen molar-refractivity contribution in [1.82, 2.24) is 29.5 Å². The standard InChI is InChI=1S/C33H38FN7O3/c1-21-27(19-41(38-21)20-30(42)44-33(3,4)5)23-7-9-24(10-8-23)29-18-36-31(39(29)6)32(43)37-25-11-12-26(28(34)17-25)22(2)40-15-13-35-14-16-40/h7-12,17-19,35H,2,13-16,20H2,1,3-6H3,(H,37,43). The Bertz CT molecular complexity index is 1690. The molecule has 4 aromatic rings. The van der Waals surface area contributed by atoms with Crippen LogP contribution in [0.25, 0.3) is 28.1 Å². The predicted octanol–water partition coefficient (Wildman–Crippen LogP) is 4.87. The molecule has 230 valence electrons. The highest BCUT2D eigenvalue weighted by atomic mass is 19.1. The maximum Gasteiger partial charge on any atom is 0.328 e. The molecule has 0 unspecified atom stereocenters. The summed E-state index contributed by atoms with van der Waals surface area (Å²) in [5.74, 6) is -1.05. The summed E-state index contributed by atoms with van der Waals surface area (Å²) >= 11 is 0. The van der Waals surface area contributed by atoms with Gasteiger partial charge in [-0.2, -0.15) is 5.10 Å². The zero-order valence-electron chi connectivity index (χ0n) is 25.8. The smallest absolute Gasteiger partial charge is 0.328 e. The van der Waals surface area contributed by atoms with E-state index in [1.54, 1.807) is 34.6 Å². The summed E-state index contributed by atoms with van der Waals surface area (Å²) in [6.07, 6.45) is 3.46. The number of anilines is 1. The molecule has 1 saturated heterocycles. The molecule has 0 saturated carbocycles. The van der Waals surface area contributed by atoms with Crippen LogP contribution in [-0.2, 0) is 23.1 Å². The van der Waals surface area contributed by atoms with Crippen LogP contribution in [0.2, 0.25) is 0 Å². The molecule has 3 heterocycles. The van der Waals surface area contributed by atoms with Crippen molar-refractivity contribution in [2.75, 3.05) is 31.5 Å². The highest BCUT2D eigenvalue weighted by Crippen LogP contribution is 2.28.